The van der Waals surface area contributed by atoms with E-state index in [2.05, 4.69) is 6.92 Å². The van der Waals surface area contributed by atoms with Crippen LogP contribution in [0.25, 0.3) is 0 Å². The fourth-order valence-corrected chi connectivity index (χ4v) is 3.70. The molecule has 2 aliphatic rings. The SMILES string of the molecule is CCN(C(=O)N1CCC(CC(=O)O)CC1)C1CCCCC1. The van der Waals surface area contributed by atoms with Gasteiger partial charge in [0, 0.05) is 32.1 Å². The molecule has 0 radical (unpaired) electrons. The Morgan fingerprint density at radius 3 is 2.24 bits per heavy atom. The zero-order valence-corrected chi connectivity index (χ0v) is 13.1. The summed E-state index contributed by atoms with van der Waals surface area (Å²) >= 11 is 0. The Kier molecular flexibility index (Phi) is 5.88. The van der Waals surface area contributed by atoms with Crippen molar-refractivity contribution in [1.29, 1.82) is 0 Å². The van der Waals surface area contributed by atoms with Crippen LogP contribution < -0.4 is 0 Å². The van der Waals surface area contributed by atoms with E-state index >= 15 is 0 Å². The standard InChI is InChI=1S/C16H28N2O3/c1-2-18(14-6-4-3-5-7-14)16(21)17-10-8-13(9-11-17)12-15(19)20/h13-14H,2-12H2,1H3,(H,19,20). The molecule has 0 aromatic heterocycles. The van der Waals surface area contributed by atoms with Crippen LogP contribution in [0.2, 0.25) is 0 Å². The Labute approximate surface area is 127 Å². The summed E-state index contributed by atoms with van der Waals surface area (Å²) in [6.07, 6.45) is 7.90. The van der Waals surface area contributed by atoms with Gasteiger partial charge in [0.1, 0.15) is 0 Å². The third kappa shape index (κ3) is 4.35. The molecule has 1 heterocycles. The maximum absolute atomic E-state index is 12.7. The maximum atomic E-state index is 12.7. The van der Waals surface area contributed by atoms with Crippen LogP contribution in [0.5, 0.6) is 0 Å². The lowest BCUT2D eigenvalue weighted by molar-refractivity contribution is -0.138. The number of hydrogen-bond acceptors (Lipinski definition) is 2. The lowest BCUT2D eigenvalue weighted by Gasteiger charge is -2.39. The lowest BCUT2D eigenvalue weighted by Crippen LogP contribution is -2.51. The van der Waals surface area contributed by atoms with Gasteiger partial charge in [-0.2, -0.15) is 0 Å². The van der Waals surface area contributed by atoms with E-state index in [0.29, 0.717) is 19.1 Å². The Balaban J connectivity index is 1.85. The van der Waals surface area contributed by atoms with Crippen LogP contribution in [0.1, 0.15) is 58.3 Å². The molecule has 0 bridgehead atoms. The summed E-state index contributed by atoms with van der Waals surface area (Å²) < 4.78 is 0. The molecule has 2 amide bonds. The summed E-state index contributed by atoms with van der Waals surface area (Å²) in [7, 11) is 0. The van der Waals surface area contributed by atoms with Crippen molar-refractivity contribution in [1.82, 2.24) is 9.80 Å². The van der Waals surface area contributed by atoms with Crippen molar-refractivity contribution in [3.63, 3.8) is 0 Å². The van der Waals surface area contributed by atoms with E-state index < -0.39 is 5.97 Å². The molecule has 5 nitrogen and oxygen atoms in total. The highest BCUT2D eigenvalue weighted by Crippen LogP contribution is 2.26. The van der Waals surface area contributed by atoms with Crippen molar-refractivity contribution in [3.8, 4) is 0 Å². The molecular formula is C16H28N2O3. The first-order valence-corrected chi connectivity index (χ1v) is 8.39. The normalized spacial score (nSPS) is 21.3. The molecule has 0 aromatic carbocycles. The highest BCUT2D eigenvalue weighted by atomic mass is 16.4. The summed E-state index contributed by atoms with van der Waals surface area (Å²) in [5, 5.41) is 8.85. The van der Waals surface area contributed by atoms with Crippen LogP contribution in [-0.2, 0) is 4.79 Å². The minimum Gasteiger partial charge on any atom is -0.481 e. The number of carboxylic acid groups (broad SMARTS) is 1. The molecular weight excluding hydrogens is 268 g/mol. The first kappa shape index (κ1) is 16.1. The number of carbonyl (C=O) groups excluding carboxylic acids is 1. The zero-order chi connectivity index (χ0) is 15.2. The van der Waals surface area contributed by atoms with Gasteiger partial charge in [-0.1, -0.05) is 19.3 Å². The molecule has 1 aliphatic heterocycles. The van der Waals surface area contributed by atoms with Crippen molar-refractivity contribution >= 4 is 12.0 Å². The fourth-order valence-electron chi connectivity index (χ4n) is 3.70. The van der Waals surface area contributed by atoms with Gasteiger partial charge in [-0.15, -0.1) is 0 Å². The summed E-state index contributed by atoms with van der Waals surface area (Å²) in [5.41, 5.74) is 0. The highest BCUT2D eigenvalue weighted by molar-refractivity contribution is 5.75. The van der Waals surface area contributed by atoms with Gasteiger partial charge in [0.2, 0.25) is 0 Å². The average Bonchev–Trinajstić information content (AvgIpc) is 2.49. The van der Waals surface area contributed by atoms with Gasteiger partial charge in [0.25, 0.3) is 0 Å². The van der Waals surface area contributed by atoms with Gasteiger partial charge < -0.3 is 14.9 Å². The number of hydrogen-bond donors (Lipinski definition) is 1. The molecule has 0 aromatic rings. The van der Waals surface area contributed by atoms with Crippen molar-refractivity contribution in [2.75, 3.05) is 19.6 Å². The third-order valence-corrected chi connectivity index (χ3v) is 4.95. The topological polar surface area (TPSA) is 60.9 Å². The summed E-state index contributed by atoms with van der Waals surface area (Å²) in [6, 6.07) is 0.575. The van der Waals surface area contributed by atoms with Gasteiger partial charge in [-0.3, -0.25) is 4.79 Å². The number of urea groups is 1. The second-order valence-electron chi connectivity index (χ2n) is 6.39. The number of likely N-dealkylation sites (tertiary alicyclic amines) is 1. The maximum Gasteiger partial charge on any atom is 0.320 e. The summed E-state index contributed by atoms with van der Waals surface area (Å²) in [6.45, 7) is 4.25. The van der Waals surface area contributed by atoms with Gasteiger partial charge in [-0.05, 0) is 38.5 Å². The van der Waals surface area contributed by atoms with Crippen LogP contribution in [0.4, 0.5) is 4.79 Å². The van der Waals surface area contributed by atoms with E-state index in [1.54, 1.807) is 0 Å². The largest absolute Gasteiger partial charge is 0.481 e. The second-order valence-corrected chi connectivity index (χ2v) is 6.39. The van der Waals surface area contributed by atoms with Crippen LogP contribution in [0.3, 0.4) is 0 Å². The van der Waals surface area contributed by atoms with E-state index in [9.17, 15) is 9.59 Å². The molecule has 21 heavy (non-hydrogen) atoms. The Bertz CT molecular complexity index is 359. The fraction of sp³-hybridized carbons (Fsp3) is 0.875. The number of piperidine rings is 1. The zero-order valence-electron chi connectivity index (χ0n) is 13.1. The van der Waals surface area contributed by atoms with E-state index in [4.69, 9.17) is 5.11 Å². The van der Waals surface area contributed by atoms with Crippen LogP contribution in [0, 0.1) is 5.92 Å². The van der Waals surface area contributed by atoms with Crippen LogP contribution in [0.15, 0.2) is 0 Å². The van der Waals surface area contributed by atoms with Crippen molar-refractivity contribution < 1.29 is 14.7 Å². The predicted octanol–water partition coefficient (Wildman–Crippen LogP) is 2.95. The molecule has 2 rings (SSSR count). The molecule has 0 unspecified atom stereocenters. The molecule has 0 spiro atoms. The molecule has 1 aliphatic carbocycles. The highest BCUT2D eigenvalue weighted by Gasteiger charge is 2.30. The monoisotopic (exact) mass is 296 g/mol. The molecule has 1 N–H and O–H groups in total. The quantitative estimate of drug-likeness (QED) is 0.867. The van der Waals surface area contributed by atoms with E-state index in [1.807, 2.05) is 9.80 Å². The predicted molar refractivity (Wildman–Crippen MR) is 81.2 cm³/mol. The number of carbonyl (C=O) groups is 2. The number of aliphatic carboxylic acids is 1. The Morgan fingerprint density at radius 2 is 1.71 bits per heavy atom. The number of amides is 2. The Morgan fingerprint density at radius 1 is 1.10 bits per heavy atom. The van der Waals surface area contributed by atoms with E-state index in [-0.39, 0.29) is 18.4 Å². The first-order valence-electron chi connectivity index (χ1n) is 8.39. The van der Waals surface area contributed by atoms with E-state index in [1.165, 1.54) is 19.3 Å². The average molecular weight is 296 g/mol. The molecule has 120 valence electrons. The minimum absolute atomic E-state index is 0.165. The van der Waals surface area contributed by atoms with Crippen molar-refractivity contribution in [2.24, 2.45) is 5.92 Å². The van der Waals surface area contributed by atoms with Gasteiger partial charge >= 0.3 is 12.0 Å². The Hall–Kier alpha value is -1.26. The second kappa shape index (κ2) is 7.66. The van der Waals surface area contributed by atoms with E-state index in [0.717, 1.165) is 32.2 Å². The summed E-state index contributed by atoms with van der Waals surface area (Å²) in [5.74, 6) is -0.492. The minimum atomic E-state index is -0.725. The van der Waals surface area contributed by atoms with Gasteiger partial charge in [0.15, 0.2) is 0 Å². The van der Waals surface area contributed by atoms with Gasteiger partial charge in [0.05, 0.1) is 0 Å². The first-order chi connectivity index (χ1) is 10.1. The number of nitrogens with zero attached hydrogens (tertiary/aromatic N) is 2. The van der Waals surface area contributed by atoms with Crippen molar-refractivity contribution in [3.05, 3.63) is 0 Å². The molecule has 5 heteroatoms. The number of rotatable bonds is 4. The van der Waals surface area contributed by atoms with Crippen LogP contribution in [-0.4, -0.2) is 52.6 Å². The molecule has 1 saturated heterocycles. The molecule has 1 saturated carbocycles. The number of carboxylic acids is 1. The molecule has 2 fully saturated rings. The smallest absolute Gasteiger partial charge is 0.320 e. The molecule has 0 atom stereocenters. The lowest BCUT2D eigenvalue weighted by atomic mass is 9.93. The van der Waals surface area contributed by atoms with Crippen LogP contribution >= 0.6 is 0 Å². The van der Waals surface area contributed by atoms with Gasteiger partial charge in [-0.25, -0.2) is 4.79 Å². The third-order valence-electron chi connectivity index (χ3n) is 4.95. The summed E-state index contributed by atoms with van der Waals surface area (Å²) in [4.78, 5) is 27.4. The van der Waals surface area contributed by atoms with Crippen molar-refractivity contribution in [2.45, 2.75) is 64.3 Å².